The molecule has 0 amide bonds. The van der Waals surface area contributed by atoms with Crippen LogP contribution in [-0.2, 0) is 0 Å². The lowest BCUT2D eigenvalue weighted by molar-refractivity contribution is -0.388. The highest BCUT2D eigenvalue weighted by atomic mass is 19.2. The van der Waals surface area contributed by atoms with E-state index < -0.39 is 28.2 Å². The molecule has 0 atom stereocenters. The number of rotatable bonds is 1. The summed E-state index contributed by atoms with van der Waals surface area (Å²) in [6.45, 7) is 0. The zero-order chi connectivity index (χ0) is 9.30. The number of hydrogen-bond acceptors (Lipinski definition) is 3. The van der Waals surface area contributed by atoms with E-state index in [0.29, 0.717) is 6.20 Å². The molecule has 0 fully saturated rings. The van der Waals surface area contributed by atoms with Crippen LogP contribution < -0.4 is 0 Å². The van der Waals surface area contributed by atoms with Gasteiger partial charge in [0.1, 0.15) is 6.20 Å². The van der Waals surface area contributed by atoms with E-state index in [1.807, 2.05) is 0 Å². The number of nitrogens with zero attached hydrogens (tertiary/aromatic N) is 2. The lowest BCUT2D eigenvalue weighted by Crippen LogP contribution is -2.00. The van der Waals surface area contributed by atoms with Gasteiger partial charge in [-0.25, -0.2) is 4.98 Å². The van der Waals surface area contributed by atoms with E-state index in [0.717, 1.165) is 0 Å². The molecule has 0 aromatic carbocycles. The van der Waals surface area contributed by atoms with Gasteiger partial charge in [-0.3, -0.25) is 10.1 Å². The highest BCUT2D eigenvalue weighted by molar-refractivity contribution is 5.28. The molecule has 1 aromatic heterocycles. The van der Waals surface area contributed by atoms with Crippen molar-refractivity contribution in [2.45, 2.75) is 0 Å². The molecule has 0 N–H and O–H groups in total. The number of nitro groups is 1. The molecular weight excluding hydrogens is 177 g/mol. The zero-order valence-corrected chi connectivity index (χ0v) is 5.42. The summed E-state index contributed by atoms with van der Waals surface area (Å²) in [6.07, 6.45) is 0.313. The van der Waals surface area contributed by atoms with Gasteiger partial charge in [0.05, 0.1) is 4.92 Å². The molecule has 0 aliphatic rings. The van der Waals surface area contributed by atoms with Crippen LogP contribution in [0.25, 0.3) is 0 Å². The second-order valence-corrected chi connectivity index (χ2v) is 1.82. The van der Waals surface area contributed by atoms with Gasteiger partial charge >= 0.3 is 5.69 Å². The summed E-state index contributed by atoms with van der Waals surface area (Å²) in [4.78, 5) is 11.4. The van der Waals surface area contributed by atoms with Crippen LogP contribution in [0, 0.1) is 27.7 Å². The Labute approximate surface area is 63.8 Å². The molecule has 12 heavy (non-hydrogen) atoms. The van der Waals surface area contributed by atoms with E-state index in [4.69, 9.17) is 0 Å². The first-order chi connectivity index (χ1) is 5.54. The second-order valence-electron chi connectivity index (χ2n) is 1.82. The van der Waals surface area contributed by atoms with Gasteiger partial charge in [0, 0.05) is 0 Å². The van der Waals surface area contributed by atoms with Gasteiger partial charge < -0.3 is 0 Å². The first-order valence-electron chi connectivity index (χ1n) is 2.68. The number of aromatic nitrogens is 1. The normalized spacial score (nSPS) is 9.92. The fraction of sp³-hybridized carbons (Fsp3) is 0. The molecule has 0 spiro atoms. The van der Waals surface area contributed by atoms with Crippen LogP contribution in [0.2, 0.25) is 0 Å². The van der Waals surface area contributed by atoms with Gasteiger partial charge in [0.2, 0.25) is 11.6 Å². The van der Waals surface area contributed by atoms with Crippen molar-refractivity contribution in [3.63, 3.8) is 0 Å². The minimum Gasteiger partial charge on any atom is -0.258 e. The van der Waals surface area contributed by atoms with Gasteiger partial charge in [-0.15, -0.1) is 0 Å². The predicted molar refractivity (Wildman–Crippen MR) is 30.8 cm³/mol. The fourth-order valence-electron chi connectivity index (χ4n) is 0.561. The zero-order valence-electron chi connectivity index (χ0n) is 5.42. The van der Waals surface area contributed by atoms with E-state index >= 15 is 0 Å². The molecule has 0 aliphatic heterocycles. The van der Waals surface area contributed by atoms with E-state index in [1.165, 1.54) is 0 Å². The lowest BCUT2D eigenvalue weighted by Gasteiger charge is -1.94. The smallest absolute Gasteiger partial charge is 0.258 e. The molecule has 1 heterocycles. The molecule has 0 radical (unpaired) electrons. The van der Waals surface area contributed by atoms with Crippen molar-refractivity contribution < 1.29 is 18.1 Å². The van der Waals surface area contributed by atoms with Crippen LogP contribution in [-0.4, -0.2) is 9.91 Å². The Kier molecular flexibility index (Phi) is 1.94. The van der Waals surface area contributed by atoms with Crippen LogP contribution in [0.1, 0.15) is 0 Å². The number of hydrogen-bond donors (Lipinski definition) is 0. The molecule has 0 aliphatic carbocycles. The van der Waals surface area contributed by atoms with E-state index in [1.54, 1.807) is 0 Å². The summed E-state index contributed by atoms with van der Waals surface area (Å²) < 4.78 is 36.7. The van der Waals surface area contributed by atoms with Crippen molar-refractivity contribution in [1.29, 1.82) is 0 Å². The largest absolute Gasteiger partial charge is 0.326 e. The summed E-state index contributed by atoms with van der Waals surface area (Å²) in [6, 6.07) is 0. The topological polar surface area (TPSA) is 56.0 Å². The average Bonchev–Trinajstić information content (AvgIpc) is 2.00. The van der Waals surface area contributed by atoms with Gasteiger partial charge in [-0.05, 0) is 0 Å². The summed E-state index contributed by atoms with van der Waals surface area (Å²) in [7, 11) is 0. The average molecular weight is 178 g/mol. The molecule has 0 saturated carbocycles. The van der Waals surface area contributed by atoms with Crippen molar-refractivity contribution in [2.24, 2.45) is 0 Å². The van der Waals surface area contributed by atoms with Gasteiger partial charge in [-0.1, -0.05) is 0 Å². The second kappa shape index (κ2) is 2.76. The maximum Gasteiger partial charge on any atom is 0.326 e. The molecule has 1 aromatic rings. The Morgan fingerprint density at radius 2 is 1.92 bits per heavy atom. The standard InChI is InChI=1S/C5HF3N2O2/c6-3-2(10(11)12)1-9-5(8)4(3)7/h1H. The maximum absolute atomic E-state index is 12.4. The van der Waals surface area contributed by atoms with Crippen LogP contribution >= 0.6 is 0 Å². The fourth-order valence-corrected chi connectivity index (χ4v) is 0.561. The van der Waals surface area contributed by atoms with E-state index in [9.17, 15) is 23.3 Å². The summed E-state index contributed by atoms with van der Waals surface area (Å²) in [5.41, 5.74) is -1.19. The highest BCUT2D eigenvalue weighted by Gasteiger charge is 2.22. The third-order valence-electron chi connectivity index (χ3n) is 1.10. The molecule has 64 valence electrons. The first kappa shape index (κ1) is 8.44. The van der Waals surface area contributed by atoms with Crippen molar-refractivity contribution >= 4 is 5.69 Å². The SMILES string of the molecule is O=[N+]([O-])c1cnc(F)c(F)c1F. The summed E-state index contributed by atoms with van der Waals surface area (Å²) >= 11 is 0. The van der Waals surface area contributed by atoms with Crippen molar-refractivity contribution in [3.05, 3.63) is 33.9 Å². The Bertz CT molecular complexity index is 342. The summed E-state index contributed by atoms with van der Waals surface area (Å²) in [5, 5.41) is 9.92. The quantitative estimate of drug-likeness (QED) is 0.371. The van der Waals surface area contributed by atoms with E-state index in [2.05, 4.69) is 4.98 Å². The summed E-state index contributed by atoms with van der Waals surface area (Å²) in [5.74, 6) is -5.48. The van der Waals surface area contributed by atoms with Crippen LogP contribution in [0.3, 0.4) is 0 Å². The van der Waals surface area contributed by atoms with Crippen LogP contribution in [0.4, 0.5) is 18.9 Å². The number of halogens is 3. The third kappa shape index (κ3) is 1.20. The Hall–Kier alpha value is -1.66. The molecule has 4 nitrogen and oxygen atoms in total. The van der Waals surface area contributed by atoms with Crippen LogP contribution in [0.15, 0.2) is 6.20 Å². The molecule has 0 saturated heterocycles. The minimum atomic E-state index is -1.94. The Morgan fingerprint density at radius 3 is 2.42 bits per heavy atom. The maximum atomic E-state index is 12.4. The minimum absolute atomic E-state index is 0.313. The van der Waals surface area contributed by atoms with E-state index in [-0.39, 0.29) is 0 Å². The van der Waals surface area contributed by atoms with Gasteiger partial charge in [0.15, 0.2) is 0 Å². The van der Waals surface area contributed by atoms with Crippen LogP contribution in [0.5, 0.6) is 0 Å². The molecule has 7 heteroatoms. The third-order valence-corrected chi connectivity index (χ3v) is 1.10. The van der Waals surface area contributed by atoms with Gasteiger partial charge in [-0.2, -0.15) is 13.2 Å². The lowest BCUT2D eigenvalue weighted by atomic mass is 10.4. The van der Waals surface area contributed by atoms with Crippen molar-refractivity contribution in [2.75, 3.05) is 0 Å². The first-order valence-corrected chi connectivity index (χ1v) is 2.68. The molecular formula is C5HF3N2O2. The highest BCUT2D eigenvalue weighted by Crippen LogP contribution is 2.18. The molecule has 0 unspecified atom stereocenters. The van der Waals surface area contributed by atoms with Gasteiger partial charge in [0.25, 0.3) is 5.95 Å². The molecule has 0 bridgehead atoms. The van der Waals surface area contributed by atoms with Crippen molar-refractivity contribution in [3.8, 4) is 0 Å². The monoisotopic (exact) mass is 178 g/mol. The predicted octanol–water partition coefficient (Wildman–Crippen LogP) is 1.41. The Morgan fingerprint density at radius 1 is 1.33 bits per heavy atom. The molecule has 1 rings (SSSR count). The van der Waals surface area contributed by atoms with Crippen molar-refractivity contribution in [1.82, 2.24) is 4.98 Å². The Balaban J connectivity index is 3.36. The number of pyridine rings is 1.